The van der Waals surface area contributed by atoms with Crippen LogP contribution in [0.5, 0.6) is 0 Å². The third-order valence-corrected chi connectivity index (χ3v) is 7.01. The zero-order valence-electron chi connectivity index (χ0n) is 21.6. The van der Waals surface area contributed by atoms with Crippen LogP contribution in [-0.4, -0.2) is 64.3 Å². The van der Waals surface area contributed by atoms with Gasteiger partial charge in [0.2, 0.25) is 0 Å². The molecule has 0 radical (unpaired) electrons. The van der Waals surface area contributed by atoms with Gasteiger partial charge in [-0.1, -0.05) is 26.0 Å². The Labute approximate surface area is 220 Å². The third kappa shape index (κ3) is 8.91. The Morgan fingerprint density at radius 2 is 1.68 bits per heavy atom. The summed E-state index contributed by atoms with van der Waals surface area (Å²) in [5.41, 5.74) is 3.16. The monoisotopic (exact) mass is 558 g/mol. The number of hydrogen-bond acceptors (Lipinski definition) is 6. The average Bonchev–Trinajstić information content (AvgIpc) is 2.84. The molecule has 9 nitrogen and oxygen atoms in total. The first kappa shape index (κ1) is 30.9. The molecule has 2 aromatic rings. The second-order valence-electron chi connectivity index (χ2n) is 9.25. The molecule has 210 valence electrons. The quantitative estimate of drug-likeness (QED) is 0.409. The SMILES string of the molecule is Cc1ccc(C)c(S(=O)(=O)Nc2cc(C(=O)NCC(C)C)ccc2N2CCNCC2)c1.O=C(O)C(F)(F)F. The number of amides is 1. The number of alkyl halides is 3. The van der Waals surface area contributed by atoms with Crippen molar-refractivity contribution in [3.8, 4) is 0 Å². The molecule has 1 fully saturated rings. The van der Waals surface area contributed by atoms with Gasteiger partial charge in [-0.05, 0) is 55.2 Å². The van der Waals surface area contributed by atoms with Crippen molar-refractivity contribution in [2.45, 2.75) is 38.8 Å². The zero-order valence-corrected chi connectivity index (χ0v) is 22.5. The minimum Gasteiger partial charge on any atom is -0.475 e. The number of carbonyl (C=O) groups is 2. The van der Waals surface area contributed by atoms with Crippen molar-refractivity contribution in [3.05, 3.63) is 53.1 Å². The predicted octanol–water partition coefficient (Wildman–Crippen LogP) is 3.53. The summed E-state index contributed by atoms with van der Waals surface area (Å²) in [7, 11) is -3.82. The highest BCUT2D eigenvalue weighted by molar-refractivity contribution is 7.92. The number of carbonyl (C=O) groups excluding carboxylic acids is 1. The lowest BCUT2D eigenvalue weighted by Crippen LogP contribution is -2.43. The van der Waals surface area contributed by atoms with Crippen molar-refractivity contribution >= 4 is 33.3 Å². The maximum atomic E-state index is 13.3. The predicted molar refractivity (Wildman–Crippen MR) is 139 cm³/mol. The molecule has 4 N–H and O–H groups in total. The summed E-state index contributed by atoms with van der Waals surface area (Å²) in [5, 5.41) is 13.3. The summed E-state index contributed by atoms with van der Waals surface area (Å²) in [6, 6.07) is 10.6. The molecule has 1 saturated heterocycles. The molecule has 0 aliphatic carbocycles. The van der Waals surface area contributed by atoms with Gasteiger partial charge in [-0.15, -0.1) is 0 Å². The number of hydrogen-bond donors (Lipinski definition) is 4. The standard InChI is InChI=1S/C23H32N4O3S.C2HF3O2/c1-16(2)15-25-23(28)19-7-8-21(27-11-9-24-10-12-27)20(14-19)26-31(29,30)22-13-17(3)5-6-18(22)4;3-2(4,5)1(6)7/h5-8,13-14,16,24,26H,9-12,15H2,1-4H3,(H,25,28);(H,6,7). The fourth-order valence-electron chi connectivity index (χ4n) is 3.54. The van der Waals surface area contributed by atoms with Crippen molar-refractivity contribution in [3.63, 3.8) is 0 Å². The van der Waals surface area contributed by atoms with Gasteiger partial charge in [0.25, 0.3) is 15.9 Å². The Hall–Kier alpha value is -3.32. The Morgan fingerprint density at radius 1 is 1.08 bits per heavy atom. The highest BCUT2D eigenvalue weighted by Gasteiger charge is 2.38. The number of benzene rings is 2. The number of carboxylic acid groups (broad SMARTS) is 1. The molecule has 1 amide bonds. The number of rotatable bonds is 7. The molecule has 0 aromatic heterocycles. The Kier molecular flexibility index (Phi) is 10.5. The highest BCUT2D eigenvalue weighted by atomic mass is 32.2. The summed E-state index contributed by atoms with van der Waals surface area (Å²) < 4.78 is 61.0. The van der Waals surface area contributed by atoms with E-state index in [1.54, 1.807) is 31.2 Å². The maximum Gasteiger partial charge on any atom is 0.490 e. The molecule has 0 bridgehead atoms. The van der Waals surface area contributed by atoms with Crippen LogP contribution in [-0.2, 0) is 14.8 Å². The fourth-order valence-corrected chi connectivity index (χ4v) is 4.93. The maximum absolute atomic E-state index is 13.3. The van der Waals surface area contributed by atoms with E-state index in [1.807, 2.05) is 32.9 Å². The number of nitrogens with one attached hydrogen (secondary N) is 3. The molecular formula is C25H33F3N4O5S. The van der Waals surface area contributed by atoms with E-state index in [4.69, 9.17) is 9.90 Å². The first-order valence-electron chi connectivity index (χ1n) is 11.9. The van der Waals surface area contributed by atoms with Crippen LogP contribution in [0.1, 0.15) is 35.3 Å². The second-order valence-corrected chi connectivity index (χ2v) is 10.9. The van der Waals surface area contributed by atoms with E-state index >= 15 is 0 Å². The van der Waals surface area contributed by atoms with Crippen LogP contribution in [0.3, 0.4) is 0 Å². The van der Waals surface area contributed by atoms with Gasteiger partial charge in [0.05, 0.1) is 16.3 Å². The Balaban J connectivity index is 0.000000638. The van der Waals surface area contributed by atoms with Gasteiger partial charge >= 0.3 is 12.1 Å². The lowest BCUT2D eigenvalue weighted by atomic mass is 10.1. The van der Waals surface area contributed by atoms with Gasteiger partial charge < -0.3 is 20.6 Å². The van der Waals surface area contributed by atoms with Crippen LogP contribution in [0.2, 0.25) is 0 Å². The van der Waals surface area contributed by atoms with E-state index in [0.29, 0.717) is 29.3 Å². The molecular weight excluding hydrogens is 525 g/mol. The fraction of sp³-hybridized carbons (Fsp3) is 0.440. The first-order valence-corrected chi connectivity index (χ1v) is 13.4. The molecule has 1 aliphatic rings. The number of nitrogens with zero attached hydrogens (tertiary/aromatic N) is 1. The molecule has 38 heavy (non-hydrogen) atoms. The van der Waals surface area contributed by atoms with Gasteiger partial charge in [-0.25, -0.2) is 13.2 Å². The molecule has 3 rings (SSSR count). The smallest absolute Gasteiger partial charge is 0.475 e. The number of halogens is 3. The van der Waals surface area contributed by atoms with Gasteiger partial charge in [0, 0.05) is 38.3 Å². The van der Waals surface area contributed by atoms with Crippen molar-refractivity contribution in [1.29, 1.82) is 0 Å². The molecule has 1 heterocycles. The second kappa shape index (κ2) is 13.0. The summed E-state index contributed by atoms with van der Waals surface area (Å²) in [4.78, 5) is 23.9. The van der Waals surface area contributed by atoms with Crippen LogP contribution in [0, 0.1) is 19.8 Å². The van der Waals surface area contributed by atoms with E-state index in [-0.39, 0.29) is 10.8 Å². The molecule has 0 atom stereocenters. The Morgan fingerprint density at radius 3 is 2.24 bits per heavy atom. The molecule has 1 aliphatic heterocycles. The molecule has 2 aromatic carbocycles. The zero-order chi connectivity index (χ0) is 28.7. The van der Waals surface area contributed by atoms with E-state index < -0.39 is 22.2 Å². The molecule has 0 unspecified atom stereocenters. The lowest BCUT2D eigenvalue weighted by Gasteiger charge is -2.31. The first-order chi connectivity index (χ1) is 17.6. The summed E-state index contributed by atoms with van der Waals surface area (Å²) in [6.07, 6.45) is -5.08. The van der Waals surface area contributed by atoms with Crippen LogP contribution in [0.25, 0.3) is 0 Å². The van der Waals surface area contributed by atoms with Crippen LogP contribution in [0.15, 0.2) is 41.3 Å². The topological polar surface area (TPSA) is 128 Å². The molecule has 0 spiro atoms. The van der Waals surface area contributed by atoms with E-state index in [9.17, 15) is 26.4 Å². The minimum atomic E-state index is -5.08. The van der Waals surface area contributed by atoms with Crippen molar-refractivity contribution in [2.75, 3.05) is 42.3 Å². The number of sulfonamides is 1. The van der Waals surface area contributed by atoms with Crippen molar-refractivity contribution in [1.82, 2.24) is 10.6 Å². The van der Waals surface area contributed by atoms with E-state index in [2.05, 4.69) is 20.3 Å². The van der Waals surface area contributed by atoms with Gasteiger partial charge in [0.1, 0.15) is 0 Å². The summed E-state index contributed by atoms with van der Waals surface area (Å²) in [6.45, 7) is 11.4. The van der Waals surface area contributed by atoms with Crippen molar-refractivity contribution < 1.29 is 36.3 Å². The molecule has 13 heteroatoms. The molecule has 0 saturated carbocycles. The van der Waals surface area contributed by atoms with Gasteiger partial charge in [-0.2, -0.15) is 13.2 Å². The highest BCUT2D eigenvalue weighted by Crippen LogP contribution is 2.31. The van der Waals surface area contributed by atoms with Crippen LogP contribution >= 0.6 is 0 Å². The van der Waals surface area contributed by atoms with Gasteiger partial charge in [0.15, 0.2) is 0 Å². The number of anilines is 2. The van der Waals surface area contributed by atoms with Crippen molar-refractivity contribution in [2.24, 2.45) is 5.92 Å². The van der Waals surface area contributed by atoms with E-state index in [1.165, 1.54) is 0 Å². The summed E-state index contributed by atoms with van der Waals surface area (Å²) in [5.74, 6) is -2.65. The van der Waals surface area contributed by atoms with Gasteiger partial charge in [-0.3, -0.25) is 9.52 Å². The third-order valence-electron chi connectivity index (χ3n) is 5.51. The normalized spacial score (nSPS) is 13.9. The van der Waals surface area contributed by atoms with Crippen LogP contribution in [0.4, 0.5) is 24.5 Å². The average molecular weight is 559 g/mol. The number of aliphatic carboxylic acids is 1. The van der Waals surface area contributed by atoms with E-state index in [0.717, 1.165) is 37.4 Å². The summed E-state index contributed by atoms with van der Waals surface area (Å²) >= 11 is 0. The number of aryl methyl sites for hydroxylation is 2. The number of piperazine rings is 1. The largest absolute Gasteiger partial charge is 0.490 e. The Bertz CT molecular complexity index is 1240. The minimum absolute atomic E-state index is 0.215. The number of carboxylic acids is 1. The lowest BCUT2D eigenvalue weighted by molar-refractivity contribution is -0.192. The van der Waals surface area contributed by atoms with Crippen LogP contribution < -0.4 is 20.3 Å².